The van der Waals surface area contributed by atoms with E-state index in [0.29, 0.717) is 5.82 Å². The van der Waals surface area contributed by atoms with E-state index in [1.165, 1.54) is 0 Å². The van der Waals surface area contributed by atoms with Gasteiger partial charge in [0.15, 0.2) is 5.82 Å². The number of fused-ring (bicyclic) bond motifs is 3. The number of anilines is 1. The molecule has 3 nitrogen and oxygen atoms in total. The zero-order valence-electron chi connectivity index (χ0n) is 9.85. The molecule has 0 radical (unpaired) electrons. The van der Waals surface area contributed by atoms with E-state index in [1.54, 1.807) is 16.8 Å². The van der Waals surface area contributed by atoms with E-state index in [-0.39, 0.29) is 12.6 Å². The lowest BCUT2D eigenvalue weighted by Gasteiger charge is -2.08. The van der Waals surface area contributed by atoms with Crippen molar-refractivity contribution in [3.05, 3.63) is 29.3 Å². The number of aromatic nitrogens is 2. The van der Waals surface area contributed by atoms with Crippen LogP contribution in [0.4, 0.5) is 10.2 Å². The van der Waals surface area contributed by atoms with Gasteiger partial charge in [0.25, 0.3) is 0 Å². The Balaban J connectivity index is 2.32. The molecule has 0 aliphatic heterocycles. The van der Waals surface area contributed by atoms with Crippen molar-refractivity contribution in [2.24, 2.45) is 0 Å². The van der Waals surface area contributed by atoms with Crippen LogP contribution < -0.4 is 5.73 Å². The van der Waals surface area contributed by atoms with Crippen LogP contribution in [-0.2, 0) is 0 Å². The summed E-state index contributed by atoms with van der Waals surface area (Å²) in [5.74, 6) is 0.318. The number of rotatable bonds is 2. The fourth-order valence-electron chi connectivity index (χ4n) is 2.03. The number of hydrogen-bond acceptors (Lipinski definition) is 4. The van der Waals surface area contributed by atoms with Crippen molar-refractivity contribution in [1.29, 1.82) is 0 Å². The number of halogens is 1. The molecule has 2 heterocycles. The van der Waals surface area contributed by atoms with Gasteiger partial charge in [-0.15, -0.1) is 11.3 Å². The Morgan fingerprint density at radius 1 is 1.44 bits per heavy atom. The van der Waals surface area contributed by atoms with E-state index in [0.717, 1.165) is 26.7 Å². The Hall–Kier alpha value is -1.75. The van der Waals surface area contributed by atoms with Crippen molar-refractivity contribution in [2.45, 2.75) is 12.8 Å². The Morgan fingerprint density at radius 3 is 3.06 bits per heavy atom. The molecule has 0 bridgehead atoms. The molecule has 0 saturated carbocycles. The molecule has 0 fully saturated rings. The fourth-order valence-corrected chi connectivity index (χ4v) is 2.86. The summed E-state index contributed by atoms with van der Waals surface area (Å²) in [6.07, 6.45) is 0. The second-order valence-corrected chi connectivity index (χ2v) is 5.21. The lowest BCUT2D eigenvalue weighted by molar-refractivity contribution is 0.447. The van der Waals surface area contributed by atoms with Gasteiger partial charge in [-0.1, -0.05) is 19.1 Å². The maximum Gasteiger partial charge on any atom is 0.151 e. The van der Waals surface area contributed by atoms with Gasteiger partial charge in [-0.3, -0.25) is 4.39 Å². The normalized spacial score (nSPS) is 13.2. The highest BCUT2D eigenvalue weighted by Crippen LogP contribution is 2.31. The molecule has 5 heteroatoms. The van der Waals surface area contributed by atoms with Crippen LogP contribution in [0, 0.1) is 0 Å². The number of nitrogens with zero attached hydrogens (tertiary/aromatic N) is 2. The molecule has 2 N–H and O–H groups in total. The third-order valence-corrected chi connectivity index (χ3v) is 3.98. The Labute approximate surface area is 107 Å². The van der Waals surface area contributed by atoms with Crippen LogP contribution >= 0.6 is 11.3 Å². The minimum Gasteiger partial charge on any atom is -0.382 e. The highest BCUT2D eigenvalue weighted by Gasteiger charge is 2.11. The molecule has 1 unspecified atom stereocenters. The number of alkyl halides is 1. The Bertz CT molecular complexity index is 723. The van der Waals surface area contributed by atoms with Gasteiger partial charge >= 0.3 is 0 Å². The van der Waals surface area contributed by atoms with Crippen LogP contribution in [0.3, 0.4) is 0 Å². The second kappa shape index (κ2) is 4.17. The van der Waals surface area contributed by atoms with Gasteiger partial charge in [0.05, 0.1) is 22.4 Å². The molecule has 3 rings (SSSR count). The maximum absolute atomic E-state index is 12.7. The molecule has 0 saturated heterocycles. The van der Waals surface area contributed by atoms with Crippen molar-refractivity contribution in [3.8, 4) is 0 Å². The minimum absolute atomic E-state index is 0.116. The first-order valence-electron chi connectivity index (χ1n) is 5.69. The Kier molecular flexibility index (Phi) is 2.63. The van der Waals surface area contributed by atoms with Gasteiger partial charge in [-0.2, -0.15) is 0 Å². The highest BCUT2D eigenvalue weighted by atomic mass is 32.1. The predicted molar refractivity (Wildman–Crippen MR) is 73.7 cm³/mol. The summed E-state index contributed by atoms with van der Waals surface area (Å²) < 4.78 is 13.7. The lowest BCUT2D eigenvalue weighted by atomic mass is 10.0. The SMILES string of the molecule is CC(CF)c1ccc2c(c1)nc(N)c1ncsc12. The standard InChI is InChI=1S/C13H12FN3S/c1-7(5-14)8-2-3-9-10(4-8)17-13(15)11-12(9)18-6-16-11/h2-4,6-7H,5H2,1H3,(H2,15,17). The van der Waals surface area contributed by atoms with E-state index in [1.807, 2.05) is 25.1 Å². The summed E-state index contributed by atoms with van der Waals surface area (Å²) >= 11 is 1.55. The molecule has 18 heavy (non-hydrogen) atoms. The van der Waals surface area contributed by atoms with Crippen LogP contribution in [0.15, 0.2) is 23.7 Å². The number of hydrogen-bond donors (Lipinski definition) is 1. The van der Waals surface area contributed by atoms with Crippen LogP contribution in [0.5, 0.6) is 0 Å². The Morgan fingerprint density at radius 2 is 2.28 bits per heavy atom. The monoisotopic (exact) mass is 261 g/mol. The molecule has 3 aromatic rings. The van der Waals surface area contributed by atoms with Gasteiger partial charge in [0, 0.05) is 11.3 Å². The summed E-state index contributed by atoms with van der Waals surface area (Å²) in [4.78, 5) is 8.57. The topological polar surface area (TPSA) is 51.8 Å². The third kappa shape index (κ3) is 1.62. The van der Waals surface area contributed by atoms with E-state index in [9.17, 15) is 4.39 Å². The molecule has 0 aliphatic rings. The van der Waals surface area contributed by atoms with Crippen molar-refractivity contribution in [1.82, 2.24) is 9.97 Å². The maximum atomic E-state index is 12.7. The lowest BCUT2D eigenvalue weighted by Crippen LogP contribution is -1.97. The molecule has 2 aromatic heterocycles. The van der Waals surface area contributed by atoms with Crippen LogP contribution in [0.25, 0.3) is 21.1 Å². The molecule has 1 aromatic carbocycles. The number of benzene rings is 1. The van der Waals surface area contributed by atoms with Gasteiger partial charge < -0.3 is 5.73 Å². The largest absolute Gasteiger partial charge is 0.382 e. The van der Waals surface area contributed by atoms with Gasteiger partial charge in [0.1, 0.15) is 5.52 Å². The number of nitrogens with two attached hydrogens (primary N) is 1. The summed E-state index contributed by atoms with van der Waals surface area (Å²) in [5.41, 5.74) is 10.2. The smallest absolute Gasteiger partial charge is 0.151 e. The zero-order valence-corrected chi connectivity index (χ0v) is 10.7. The quantitative estimate of drug-likeness (QED) is 0.768. The molecule has 0 aliphatic carbocycles. The van der Waals surface area contributed by atoms with E-state index in [2.05, 4.69) is 9.97 Å². The summed E-state index contributed by atoms with van der Waals surface area (Å²) in [5, 5.41) is 1.02. The van der Waals surface area contributed by atoms with E-state index < -0.39 is 0 Å². The summed E-state index contributed by atoms with van der Waals surface area (Å²) in [6.45, 7) is 1.49. The summed E-state index contributed by atoms with van der Waals surface area (Å²) in [6, 6.07) is 5.84. The first-order chi connectivity index (χ1) is 8.70. The van der Waals surface area contributed by atoms with E-state index in [4.69, 9.17) is 5.73 Å². The van der Waals surface area contributed by atoms with Crippen LogP contribution in [0.1, 0.15) is 18.4 Å². The number of pyridine rings is 1. The third-order valence-electron chi connectivity index (χ3n) is 3.12. The highest BCUT2D eigenvalue weighted by molar-refractivity contribution is 7.17. The average Bonchev–Trinajstić information content (AvgIpc) is 2.87. The zero-order chi connectivity index (χ0) is 12.7. The molecule has 92 valence electrons. The predicted octanol–water partition coefficient (Wildman–Crippen LogP) is 3.50. The fraction of sp³-hybridized carbons (Fsp3) is 0.231. The number of thiazole rings is 1. The average molecular weight is 261 g/mol. The van der Waals surface area contributed by atoms with Crippen molar-refractivity contribution >= 4 is 38.3 Å². The van der Waals surface area contributed by atoms with Crippen LogP contribution in [0.2, 0.25) is 0 Å². The molecular weight excluding hydrogens is 249 g/mol. The molecule has 1 atom stereocenters. The first kappa shape index (κ1) is 11.3. The molecule has 0 spiro atoms. The van der Waals surface area contributed by atoms with Crippen molar-refractivity contribution in [2.75, 3.05) is 12.4 Å². The van der Waals surface area contributed by atoms with Gasteiger partial charge in [-0.05, 0) is 11.6 Å². The molecular formula is C13H12FN3S. The second-order valence-electron chi connectivity index (χ2n) is 4.36. The minimum atomic E-state index is -0.371. The number of nitrogen functional groups attached to an aromatic ring is 1. The van der Waals surface area contributed by atoms with Crippen LogP contribution in [-0.4, -0.2) is 16.6 Å². The van der Waals surface area contributed by atoms with Gasteiger partial charge in [0.2, 0.25) is 0 Å². The van der Waals surface area contributed by atoms with E-state index >= 15 is 0 Å². The van der Waals surface area contributed by atoms with Gasteiger partial charge in [-0.25, -0.2) is 9.97 Å². The van der Waals surface area contributed by atoms with Crippen molar-refractivity contribution in [3.63, 3.8) is 0 Å². The van der Waals surface area contributed by atoms with Crippen molar-refractivity contribution < 1.29 is 4.39 Å². The summed E-state index contributed by atoms with van der Waals surface area (Å²) in [7, 11) is 0. The molecule has 0 amide bonds. The first-order valence-corrected chi connectivity index (χ1v) is 6.57.